The summed E-state index contributed by atoms with van der Waals surface area (Å²) < 4.78 is 50.2. The molecule has 1 amide bonds. The Morgan fingerprint density at radius 1 is 1.20 bits per heavy atom. The number of carbonyl (C=O) groups excluding carboxylic acids is 1. The van der Waals surface area contributed by atoms with E-state index in [2.05, 4.69) is 0 Å². The van der Waals surface area contributed by atoms with Crippen LogP contribution >= 0.6 is 0 Å². The molecule has 0 bridgehead atoms. The second-order valence-corrected chi connectivity index (χ2v) is 7.29. The SMILES string of the molecule is C[C@@H](Oc1ccc2c(C(F)(F)F)cc(=O)oc2c1)C(=O)N1c2ccccc2C[C@@H]1C. The molecule has 0 spiro atoms. The molecule has 1 aliphatic rings. The molecule has 1 aromatic heterocycles. The normalized spacial score (nSPS) is 17.1. The van der Waals surface area contributed by atoms with Crippen molar-refractivity contribution in [3.8, 4) is 5.75 Å². The summed E-state index contributed by atoms with van der Waals surface area (Å²) >= 11 is 0. The van der Waals surface area contributed by atoms with Crippen molar-refractivity contribution in [1.29, 1.82) is 0 Å². The van der Waals surface area contributed by atoms with Crippen molar-refractivity contribution in [3.63, 3.8) is 0 Å². The third-order valence-corrected chi connectivity index (χ3v) is 5.13. The number of para-hydroxylation sites is 1. The fourth-order valence-electron chi connectivity index (χ4n) is 3.80. The lowest BCUT2D eigenvalue weighted by atomic mass is 10.1. The Morgan fingerprint density at radius 2 is 1.93 bits per heavy atom. The van der Waals surface area contributed by atoms with Crippen LogP contribution in [-0.4, -0.2) is 18.1 Å². The molecule has 0 saturated carbocycles. The second-order valence-electron chi connectivity index (χ2n) is 7.29. The average molecular weight is 417 g/mol. The highest BCUT2D eigenvalue weighted by Gasteiger charge is 2.35. The molecule has 8 heteroatoms. The van der Waals surface area contributed by atoms with Crippen molar-refractivity contribution in [2.24, 2.45) is 0 Å². The van der Waals surface area contributed by atoms with E-state index in [1.54, 1.807) is 11.8 Å². The first-order valence-corrected chi connectivity index (χ1v) is 9.38. The van der Waals surface area contributed by atoms with Crippen LogP contribution in [0, 0.1) is 0 Å². The van der Waals surface area contributed by atoms with Crippen LogP contribution in [0.4, 0.5) is 18.9 Å². The molecular formula is C22H18F3NO4. The summed E-state index contributed by atoms with van der Waals surface area (Å²) in [5.74, 6) is -0.135. The molecule has 0 N–H and O–H groups in total. The highest BCUT2D eigenvalue weighted by Crippen LogP contribution is 2.36. The molecule has 2 heterocycles. The number of rotatable bonds is 3. The topological polar surface area (TPSA) is 59.8 Å². The van der Waals surface area contributed by atoms with Crippen LogP contribution in [0.1, 0.15) is 25.0 Å². The van der Waals surface area contributed by atoms with E-state index in [-0.39, 0.29) is 28.7 Å². The van der Waals surface area contributed by atoms with E-state index in [4.69, 9.17) is 9.15 Å². The van der Waals surface area contributed by atoms with Crippen molar-refractivity contribution < 1.29 is 27.1 Å². The summed E-state index contributed by atoms with van der Waals surface area (Å²) in [6, 6.07) is 11.7. The van der Waals surface area contributed by atoms with Crippen LogP contribution in [0.25, 0.3) is 11.0 Å². The van der Waals surface area contributed by atoms with Crippen LogP contribution in [-0.2, 0) is 17.4 Å². The zero-order chi connectivity index (χ0) is 21.6. The Hall–Kier alpha value is -3.29. The quantitative estimate of drug-likeness (QED) is 0.587. The number of carbonyl (C=O) groups is 1. The minimum absolute atomic E-state index is 0.0371. The third kappa shape index (κ3) is 3.53. The number of fused-ring (bicyclic) bond motifs is 2. The Morgan fingerprint density at radius 3 is 2.67 bits per heavy atom. The van der Waals surface area contributed by atoms with Gasteiger partial charge in [-0.25, -0.2) is 4.79 Å². The molecule has 0 unspecified atom stereocenters. The highest BCUT2D eigenvalue weighted by molar-refractivity contribution is 5.99. The summed E-state index contributed by atoms with van der Waals surface area (Å²) in [6.45, 7) is 3.51. The molecular weight excluding hydrogens is 399 g/mol. The fourth-order valence-corrected chi connectivity index (χ4v) is 3.80. The first kappa shape index (κ1) is 20.0. The van der Waals surface area contributed by atoms with Crippen LogP contribution in [0.3, 0.4) is 0 Å². The minimum atomic E-state index is -4.70. The zero-order valence-electron chi connectivity index (χ0n) is 16.2. The maximum absolute atomic E-state index is 13.2. The molecule has 0 radical (unpaired) electrons. The van der Waals surface area contributed by atoms with E-state index in [0.29, 0.717) is 6.07 Å². The number of nitrogens with zero attached hydrogens (tertiary/aromatic N) is 1. The number of anilines is 1. The van der Waals surface area contributed by atoms with Crippen molar-refractivity contribution in [1.82, 2.24) is 0 Å². The summed E-state index contributed by atoms with van der Waals surface area (Å²) in [5, 5.41) is -0.254. The van der Waals surface area contributed by atoms with Gasteiger partial charge >= 0.3 is 11.8 Å². The predicted molar refractivity (Wildman–Crippen MR) is 105 cm³/mol. The molecule has 3 aromatic rings. The van der Waals surface area contributed by atoms with Crippen LogP contribution in [0.5, 0.6) is 5.75 Å². The summed E-state index contributed by atoms with van der Waals surface area (Å²) in [7, 11) is 0. The lowest BCUT2D eigenvalue weighted by molar-refractivity contribution is -0.136. The van der Waals surface area contributed by atoms with Gasteiger partial charge in [0.25, 0.3) is 5.91 Å². The van der Waals surface area contributed by atoms with Crippen LogP contribution in [0.2, 0.25) is 0 Å². The number of hydrogen-bond acceptors (Lipinski definition) is 4. The molecule has 5 nitrogen and oxygen atoms in total. The lowest BCUT2D eigenvalue weighted by Crippen LogP contribution is -2.43. The van der Waals surface area contributed by atoms with Gasteiger partial charge in [-0.2, -0.15) is 13.2 Å². The van der Waals surface area contributed by atoms with Crippen molar-refractivity contribution >= 4 is 22.6 Å². The van der Waals surface area contributed by atoms with Gasteiger partial charge in [-0.15, -0.1) is 0 Å². The van der Waals surface area contributed by atoms with Gasteiger partial charge in [0, 0.05) is 29.2 Å². The van der Waals surface area contributed by atoms with Gasteiger partial charge in [-0.1, -0.05) is 18.2 Å². The van der Waals surface area contributed by atoms with E-state index in [1.165, 1.54) is 18.2 Å². The Bertz CT molecular complexity index is 1180. The standard InChI is InChI=1S/C22H18F3NO4/c1-12-9-14-5-3-4-6-18(14)26(12)21(28)13(2)29-15-7-8-16-17(22(23,24)25)11-20(27)30-19(16)10-15/h3-8,10-13H,9H2,1-2H3/t12-,13+/m0/s1. The third-order valence-electron chi connectivity index (χ3n) is 5.13. The van der Waals surface area contributed by atoms with Gasteiger partial charge in [0.1, 0.15) is 11.3 Å². The van der Waals surface area contributed by atoms with Crippen LogP contribution < -0.4 is 15.3 Å². The van der Waals surface area contributed by atoms with E-state index < -0.39 is 23.5 Å². The van der Waals surface area contributed by atoms with E-state index in [9.17, 15) is 22.8 Å². The van der Waals surface area contributed by atoms with E-state index in [0.717, 1.165) is 17.7 Å². The maximum Gasteiger partial charge on any atom is 0.417 e. The molecule has 0 aliphatic carbocycles. The monoisotopic (exact) mass is 417 g/mol. The summed E-state index contributed by atoms with van der Waals surface area (Å²) in [4.78, 5) is 26.2. The fraction of sp³-hybridized carbons (Fsp3) is 0.273. The van der Waals surface area contributed by atoms with Gasteiger partial charge in [-0.05, 0) is 44.0 Å². The largest absolute Gasteiger partial charge is 0.481 e. The van der Waals surface area contributed by atoms with E-state index >= 15 is 0 Å². The summed E-state index contributed by atoms with van der Waals surface area (Å²) in [6.07, 6.45) is -4.86. The maximum atomic E-state index is 13.2. The number of benzene rings is 2. The molecule has 2 atom stereocenters. The molecule has 0 saturated heterocycles. The minimum Gasteiger partial charge on any atom is -0.481 e. The number of alkyl halides is 3. The smallest absolute Gasteiger partial charge is 0.417 e. The Kier molecular flexibility index (Phi) is 4.80. The van der Waals surface area contributed by atoms with E-state index in [1.807, 2.05) is 31.2 Å². The van der Waals surface area contributed by atoms with Gasteiger partial charge < -0.3 is 14.1 Å². The first-order chi connectivity index (χ1) is 14.1. The zero-order valence-corrected chi connectivity index (χ0v) is 16.2. The number of amides is 1. The highest BCUT2D eigenvalue weighted by atomic mass is 19.4. The van der Waals surface area contributed by atoms with Crippen molar-refractivity contribution in [3.05, 3.63) is 70.1 Å². The first-order valence-electron chi connectivity index (χ1n) is 9.38. The molecule has 2 aromatic carbocycles. The second kappa shape index (κ2) is 7.19. The number of hydrogen-bond donors (Lipinski definition) is 0. The summed E-state index contributed by atoms with van der Waals surface area (Å²) in [5.41, 5.74) is -0.556. The molecule has 156 valence electrons. The molecule has 4 rings (SSSR count). The number of halogens is 3. The average Bonchev–Trinajstić information content (AvgIpc) is 3.01. The predicted octanol–water partition coefficient (Wildman–Crippen LogP) is 4.56. The van der Waals surface area contributed by atoms with Gasteiger partial charge in [0.05, 0.1) is 5.56 Å². The lowest BCUT2D eigenvalue weighted by Gasteiger charge is -2.26. The Labute approximate surface area is 169 Å². The molecule has 30 heavy (non-hydrogen) atoms. The van der Waals surface area contributed by atoms with Gasteiger partial charge in [0.15, 0.2) is 6.10 Å². The number of ether oxygens (including phenoxy) is 1. The van der Waals surface area contributed by atoms with Crippen LogP contribution in [0.15, 0.2) is 57.7 Å². The molecule has 0 fully saturated rings. The Balaban J connectivity index is 1.61. The van der Waals surface area contributed by atoms with Gasteiger partial charge in [-0.3, -0.25) is 4.79 Å². The molecule has 1 aliphatic heterocycles. The van der Waals surface area contributed by atoms with Gasteiger partial charge in [0.2, 0.25) is 0 Å². The van der Waals surface area contributed by atoms with Crippen molar-refractivity contribution in [2.75, 3.05) is 4.90 Å². The van der Waals surface area contributed by atoms with Crippen molar-refractivity contribution in [2.45, 2.75) is 38.6 Å².